The Labute approximate surface area is 72.8 Å². The van der Waals surface area contributed by atoms with Crippen LogP contribution < -0.4 is 0 Å². The van der Waals surface area contributed by atoms with Gasteiger partial charge < -0.3 is 10.4 Å². The number of hydrazine groups is 1. The fourth-order valence-corrected chi connectivity index (χ4v) is 0.933. The van der Waals surface area contributed by atoms with Gasteiger partial charge in [-0.05, 0) is 32.5 Å². The molecule has 0 unspecified atom stereocenters. The van der Waals surface area contributed by atoms with Gasteiger partial charge in [-0.3, -0.25) is 0 Å². The van der Waals surface area contributed by atoms with E-state index in [4.69, 9.17) is 0 Å². The van der Waals surface area contributed by atoms with Gasteiger partial charge in [-0.2, -0.15) is 0 Å². The van der Waals surface area contributed by atoms with E-state index in [9.17, 15) is 10.4 Å². The van der Waals surface area contributed by atoms with Gasteiger partial charge in [0.15, 0.2) is 0 Å². The minimum atomic E-state index is -0.355. The van der Waals surface area contributed by atoms with E-state index in [0.29, 0.717) is 6.54 Å². The summed E-state index contributed by atoms with van der Waals surface area (Å²) in [5, 5.41) is 24.6. The summed E-state index contributed by atoms with van der Waals surface area (Å²) in [7, 11) is 0. The molecule has 0 aliphatic rings. The number of nitrogens with zero attached hydrogens (tertiary/aromatic N) is 3. The molecule has 0 aliphatic carbocycles. The van der Waals surface area contributed by atoms with E-state index in [1.54, 1.807) is 0 Å². The molecule has 0 spiro atoms. The van der Waals surface area contributed by atoms with Gasteiger partial charge in [0.2, 0.25) is 0 Å². The van der Waals surface area contributed by atoms with Crippen LogP contribution in [0.4, 0.5) is 0 Å². The summed E-state index contributed by atoms with van der Waals surface area (Å²) in [4.78, 5) is 0.115. The van der Waals surface area contributed by atoms with Gasteiger partial charge in [-0.15, -0.1) is 5.01 Å². The normalized spacial score (nSPS) is 13.2. The first-order valence-electron chi connectivity index (χ1n) is 4.01. The van der Waals surface area contributed by atoms with Crippen molar-refractivity contribution >= 4 is 0 Å². The van der Waals surface area contributed by atoms with Crippen molar-refractivity contribution < 1.29 is 4.97 Å². The van der Waals surface area contributed by atoms with Crippen LogP contribution in [0.2, 0.25) is 0 Å². The molecular weight excluding hydrogens is 158 g/mol. The molecule has 0 aromatic carbocycles. The van der Waals surface area contributed by atoms with Crippen molar-refractivity contribution in [3.8, 4) is 0 Å². The van der Waals surface area contributed by atoms with Crippen molar-refractivity contribution in [3.63, 3.8) is 0 Å². The molecule has 0 rings (SSSR count). The van der Waals surface area contributed by atoms with Gasteiger partial charge in [0, 0.05) is 4.97 Å². The molecule has 0 saturated carbocycles. The molecule has 0 fully saturated rings. The Morgan fingerprint density at radius 3 is 2.17 bits per heavy atom. The lowest BCUT2D eigenvalue weighted by molar-refractivity contribution is -0.706. The van der Waals surface area contributed by atoms with Crippen molar-refractivity contribution in [1.82, 2.24) is 5.01 Å². The van der Waals surface area contributed by atoms with Crippen LogP contribution in [0.1, 0.15) is 34.1 Å². The topological polar surface area (TPSA) is 64.7 Å². The van der Waals surface area contributed by atoms with Crippen LogP contribution in [-0.2, 0) is 0 Å². The molecular formula is C7H16N3O2-. The molecule has 0 bridgehead atoms. The Balaban J connectivity index is 4.44. The predicted octanol–water partition coefficient (Wildman–Crippen LogP) is 1.87. The second-order valence-electron chi connectivity index (χ2n) is 3.63. The molecule has 72 valence electrons. The van der Waals surface area contributed by atoms with E-state index in [-0.39, 0.29) is 10.5 Å². The average Bonchev–Trinajstić information content (AvgIpc) is 1.96. The zero-order chi connectivity index (χ0) is 9.78. The maximum absolute atomic E-state index is 10.9. The third-order valence-electron chi connectivity index (χ3n) is 1.49. The Morgan fingerprint density at radius 2 is 1.92 bits per heavy atom. The quantitative estimate of drug-likeness (QED) is 0.372. The lowest BCUT2D eigenvalue weighted by Gasteiger charge is -2.30. The highest BCUT2D eigenvalue weighted by Crippen LogP contribution is 2.13. The highest BCUT2D eigenvalue weighted by atomic mass is 16.6. The molecule has 0 radical (unpaired) electrons. The van der Waals surface area contributed by atoms with Crippen molar-refractivity contribution in [2.24, 2.45) is 5.28 Å². The lowest BCUT2D eigenvalue weighted by Crippen LogP contribution is -2.45. The maximum atomic E-state index is 10.9. The Kier molecular flexibility index (Phi) is 3.79. The summed E-state index contributed by atoms with van der Waals surface area (Å²) in [6.45, 7) is 8.06. The van der Waals surface area contributed by atoms with Crippen LogP contribution >= 0.6 is 0 Å². The molecule has 0 aromatic heterocycles. The van der Waals surface area contributed by atoms with E-state index in [0.717, 1.165) is 6.42 Å². The van der Waals surface area contributed by atoms with Crippen LogP contribution in [-0.4, -0.2) is 22.1 Å². The molecule has 12 heavy (non-hydrogen) atoms. The summed E-state index contributed by atoms with van der Waals surface area (Å²) in [6.07, 6.45) is 0.811. The zero-order valence-electron chi connectivity index (χ0n) is 8.07. The number of hydrogen-bond acceptors (Lipinski definition) is 3. The van der Waals surface area contributed by atoms with Gasteiger partial charge in [0.1, 0.15) is 0 Å². The second kappa shape index (κ2) is 4.13. The van der Waals surface area contributed by atoms with Gasteiger partial charge in [0.05, 0.1) is 12.1 Å². The van der Waals surface area contributed by atoms with E-state index in [1.165, 1.54) is 5.01 Å². The highest BCUT2D eigenvalue weighted by Gasteiger charge is 2.26. The van der Waals surface area contributed by atoms with E-state index >= 15 is 0 Å². The van der Waals surface area contributed by atoms with Crippen LogP contribution in [0.25, 0.3) is 0 Å². The summed E-state index contributed by atoms with van der Waals surface area (Å²) in [5.41, 5.74) is -0.355. The molecule has 0 N–H and O–H groups in total. The van der Waals surface area contributed by atoms with E-state index in [2.05, 4.69) is 5.28 Å². The molecule has 0 heterocycles. The minimum Gasteiger partial charge on any atom is -0.737 e. The van der Waals surface area contributed by atoms with Crippen LogP contribution in [0.5, 0.6) is 0 Å². The SMILES string of the molecule is CCCN(/[N+]([O-])=N/[O-])C(C)(C)C. The molecule has 0 amide bonds. The third kappa shape index (κ3) is 2.94. The van der Waals surface area contributed by atoms with Gasteiger partial charge >= 0.3 is 0 Å². The van der Waals surface area contributed by atoms with Crippen LogP contribution in [0.3, 0.4) is 0 Å². The van der Waals surface area contributed by atoms with Crippen molar-refractivity contribution in [2.75, 3.05) is 6.54 Å². The Bertz CT molecular complexity index is 163. The largest absolute Gasteiger partial charge is 0.737 e. The minimum absolute atomic E-state index is 0.115. The summed E-state index contributed by atoms with van der Waals surface area (Å²) < 4.78 is 0. The zero-order valence-corrected chi connectivity index (χ0v) is 8.07. The van der Waals surface area contributed by atoms with Gasteiger partial charge in [-0.1, -0.05) is 6.92 Å². The molecule has 5 heteroatoms. The molecule has 0 saturated heterocycles. The molecule has 5 nitrogen and oxygen atoms in total. The van der Waals surface area contributed by atoms with E-state index in [1.807, 2.05) is 27.7 Å². The summed E-state index contributed by atoms with van der Waals surface area (Å²) >= 11 is 0. The fourth-order valence-electron chi connectivity index (χ4n) is 0.933. The first-order chi connectivity index (χ1) is 5.43. The third-order valence-corrected chi connectivity index (χ3v) is 1.49. The van der Waals surface area contributed by atoms with Gasteiger partial charge in [-0.25, -0.2) is 0 Å². The van der Waals surface area contributed by atoms with Crippen LogP contribution in [0, 0.1) is 10.4 Å². The van der Waals surface area contributed by atoms with Gasteiger partial charge in [0.25, 0.3) is 0 Å². The molecule has 0 aliphatic heterocycles. The highest BCUT2D eigenvalue weighted by molar-refractivity contribution is 4.68. The van der Waals surface area contributed by atoms with E-state index < -0.39 is 0 Å². The van der Waals surface area contributed by atoms with Crippen LogP contribution in [0.15, 0.2) is 5.28 Å². The van der Waals surface area contributed by atoms with Crippen molar-refractivity contribution in [1.29, 1.82) is 0 Å². The number of hydrogen-bond donors (Lipinski definition) is 0. The van der Waals surface area contributed by atoms with Crippen molar-refractivity contribution in [3.05, 3.63) is 10.4 Å². The standard InChI is InChI=1S/C7H17N3O2/c1-5-6-9(7(2,3)4)10(12)8-11/h11H,5-6H2,1-4H3/p-1/b10-8-. The smallest absolute Gasteiger partial charge is 0.0899 e. The Morgan fingerprint density at radius 1 is 1.42 bits per heavy atom. The lowest BCUT2D eigenvalue weighted by atomic mass is 10.1. The predicted molar refractivity (Wildman–Crippen MR) is 46.2 cm³/mol. The summed E-state index contributed by atoms with van der Waals surface area (Å²) in [5.74, 6) is 0. The fraction of sp³-hybridized carbons (Fsp3) is 1.00. The average molecular weight is 174 g/mol. The molecule has 0 aromatic rings. The number of rotatable bonds is 3. The summed E-state index contributed by atoms with van der Waals surface area (Å²) in [6, 6.07) is 0. The monoisotopic (exact) mass is 174 g/mol. The molecule has 0 atom stereocenters. The first kappa shape index (κ1) is 11.0. The first-order valence-corrected chi connectivity index (χ1v) is 4.01. The van der Waals surface area contributed by atoms with Crippen molar-refractivity contribution in [2.45, 2.75) is 39.7 Å². The Hall–Kier alpha value is -1.00. The maximum Gasteiger partial charge on any atom is 0.0899 e. The second-order valence-corrected chi connectivity index (χ2v) is 3.63.